The van der Waals surface area contributed by atoms with Crippen LogP contribution >= 0.6 is 0 Å². The van der Waals surface area contributed by atoms with E-state index < -0.39 is 5.60 Å². The molecule has 5 N–H and O–H groups in total. The predicted molar refractivity (Wildman–Crippen MR) is 93.3 cm³/mol. The fraction of sp³-hybridized carbons (Fsp3) is 0.875. The summed E-state index contributed by atoms with van der Waals surface area (Å²) in [6.07, 6.45) is 3.28. The van der Waals surface area contributed by atoms with Crippen molar-refractivity contribution in [2.75, 3.05) is 32.7 Å². The van der Waals surface area contributed by atoms with Gasteiger partial charge in [0.15, 0.2) is 5.96 Å². The van der Waals surface area contributed by atoms with Gasteiger partial charge in [-0.1, -0.05) is 13.8 Å². The lowest BCUT2D eigenvalue weighted by Gasteiger charge is -2.32. The smallest absolute Gasteiger partial charge is 0.231 e. The highest BCUT2D eigenvalue weighted by Gasteiger charge is 2.23. The summed E-state index contributed by atoms with van der Waals surface area (Å²) in [5.74, 6) is 0.478. The molecule has 7 heteroatoms. The summed E-state index contributed by atoms with van der Waals surface area (Å²) in [5, 5.41) is 17.0. The molecule has 0 radical (unpaired) electrons. The fourth-order valence-corrected chi connectivity index (χ4v) is 2.67. The number of likely N-dealkylation sites (tertiary alicyclic amines) is 1. The Labute approximate surface area is 139 Å². The summed E-state index contributed by atoms with van der Waals surface area (Å²) in [6, 6.07) is 0.327. The molecule has 1 amide bonds. The van der Waals surface area contributed by atoms with Gasteiger partial charge >= 0.3 is 0 Å². The average molecular weight is 327 g/mol. The third kappa shape index (κ3) is 7.18. The summed E-state index contributed by atoms with van der Waals surface area (Å²) >= 11 is 0. The molecule has 0 bridgehead atoms. The fourth-order valence-electron chi connectivity index (χ4n) is 2.67. The van der Waals surface area contributed by atoms with E-state index in [4.69, 9.17) is 5.73 Å². The molecular weight excluding hydrogens is 294 g/mol. The van der Waals surface area contributed by atoms with Crippen LogP contribution in [0.25, 0.3) is 0 Å². The first-order valence-electron chi connectivity index (χ1n) is 8.70. The van der Waals surface area contributed by atoms with Crippen molar-refractivity contribution in [3.05, 3.63) is 0 Å². The second kappa shape index (κ2) is 9.72. The van der Waals surface area contributed by atoms with E-state index in [9.17, 15) is 9.90 Å². The number of nitrogens with two attached hydrogens (primary N) is 1. The molecule has 0 atom stereocenters. The highest BCUT2D eigenvalue weighted by atomic mass is 16.3. The van der Waals surface area contributed by atoms with Crippen LogP contribution in [0.1, 0.15) is 46.5 Å². The van der Waals surface area contributed by atoms with E-state index in [-0.39, 0.29) is 5.91 Å². The van der Waals surface area contributed by atoms with Crippen LogP contribution < -0.4 is 16.4 Å². The number of hydrogen-bond acceptors (Lipinski definition) is 4. The van der Waals surface area contributed by atoms with Crippen LogP contribution in [-0.4, -0.2) is 66.2 Å². The zero-order chi connectivity index (χ0) is 17.3. The molecule has 0 aromatic rings. The summed E-state index contributed by atoms with van der Waals surface area (Å²) in [5.41, 5.74) is 4.51. The van der Waals surface area contributed by atoms with Crippen molar-refractivity contribution >= 4 is 11.9 Å². The van der Waals surface area contributed by atoms with Crippen molar-refractivity contribution < 1.29 is 9.90 Å². The molecule has 1 rings (SSSR count). The molecular formula is C16H33N5O2. The maximum absolute atomic E-state index is 11.0. The SMILES string of the molecule is CCNC(=NCC(O)(CC)CC)NC1CCN(CC(N)=O)CC1. The minimum absolute atomic E-state index is 0.273. The number of aliphatic imine (C=N–C) groups is 1. The molecule has 0 saturated carbocycles. The highest BCUT2D eigenvalue weighted by Crippen LogP contribution is 2.15. The topological polar surface area (TPSA) is 103 Å². The molecule has 1 fully saturated rings. The normalized spacial score (nSPS) is 18.0. The zero-order valence-electron chi connectivity index (χ0n) is 14.8. The molecule has 1 aliphatic rings. The number of piperidine rings is 1. The number of nitrogens with zero attached hydrogens (tertiary/aromatic N) is 2. The minimum Gasteiger partial charge on any atom is -0.388 e. The van der Waals surface area contributed by atoms with E-state index in [1.807, 2.05) is 20.8 Å². The Hall–Kier alpha value is -1.34. The quantitative estimate of drug-likeness (QED) is 0.372. The van der Waals surface area contributed by atoms with E-state index in [0.717, 1.165) is 38.4 Å². The van der Waals surface area contributed by atoms with Gasteiger partial charge < -0.3 is 21.5 Å². The van der Waals surface area contributed by atoms with Gasteiger partial charge in [-0.15, -0.1) is 0 Å². The molecule has 1 heterocycles. The zero-order valence-corrected chi connectivity index (χ0v) is 14.8. The van der Waals surface area contributed by atoms with Crippen LogP contribution in [0.2, 0.25) is 0 Å². The van der Waals surface area contributed by atoms with Gasteiger partial charge in [0.05, 0.1) is 18.7 Å². The van der Waals surface area contributed by atoms with Gasteiger partial charge in [0, 0.05) is 25.7 Å². The second-order valence-corrected chi connectivity index (χ2v) is 6.29. The Balaban J connectivity index is 2.52. The summed E-state index contributed by atoms with van der Waals surface area (Å²) in [4.78, 5) is 17.6. The van der Waals surface area contributed by atoms with Crippen molar-refractivity contribution in [3.63, 3.8) is 0 Å². The van der Waals surface area contributed by atoms with E-state index in [2.05, 4.69) is 20.5 Å². The lowest BCUT2D eigenvalue weighted by molar-refractivity contribution is -0.119. The van der Waals surface area contributed by atoms with Crippen molar-refractivity contribution in [2.24, 2.45) is 10.7 Å². The summed E-state index contributed by atoms with van der Waals surface area (Å²) < 4.78 is 0. The largest absolute Gasteiger partial charge is 0.388 e. The lowest BCUT2D eigenvalue weighted by Crippen LogP contribution is -2.50. The second-order valence-electron chi connectivity index (χ2n) is 6.29. The van der Waals surface area contributed by atoms with E-state index in [1.165, 1.54) is 0 Å². The molecule has 0 aromatic heterocycles. The summed E-state index contributed by atoms with van der Waals surface area (Å²) in [7, 11) is 0. The number of carbonyl (C=O) groups excluding carboxylic acids is 1. The first-order valence-corrected chi connectivity index (χ1v) is 8.70. The first-order chi connectivity index (χ1) is 10.9. The Morgan fingerprint density at radius 2 is 1.91 bits per heavy atom. The third-order valence-corrected chi connectivity index (χ3v) is 4.50. The number of amides is 1. The number of guanidine groups is 1. The first kappa shape index (κ1) is 19.7. The van der Waals surface area contributed by atoms with Crippen LogP contribution in [0.5, 0.6) is 0 Å². The Bertz CT molecular complexity index is 388. The van der Waals surface area contributed by atoms with Gasteiger partial charge in [-0.3, -0.25) is 14.7 Å². The molecule has 1 saturated heterocycles. The minimum atomic E-state index is -0.729. The van der Waals surface area contributed by atoms with E-state index >= 15 is 0 Å². The molecule has 0 spiro atoms. The molecule has 23 heavy (non-hydrogen) atoms. The molecule has 134 valence electrons. The highest BCUT2D eigenvalue weighted by molar-refractivity contribution is 5.80. The van der Waals surface area contributed by atoms with Gasteiger partial charge in [-0.2, -0.15) is 0 Å². The van der Waals surface area contributed by atoms with Gasteiger partial charge in [-0.05, 0) is 32.6 Å². The lowest BCUT2D eigenvalue weighted by atomic mass is 9.98. The van der Waals surface area contributed by atoms with Crippen molar-refractivity contribution in [1.29, 1.82) is 0 Å². The Kier molecular flexibility index (Phi) is 8.33. The number of rotatable bonds is 8. The van der Waals surface area contributed by atoms with Gasteiger partial charge in [0.2, 0.25) is 5.91 Å². The molecule has 0 aliphatic carbocycles. The number of nitrogens with one attached hydrogen (secondary N) is 2. The van der Waals surface area contributed by atoms with Crippen LogP contribution in [0.4, 0.5) is 0 Å². The van der Waals surface area contributed by atoms with Crippen LogP contribution in [-0.2, 0) is 4.79 Å². The monoisotopic (exact) mass is 327 g/mol. The Morgan fingerprint density at radius 3 is 2.39 bits per heavy atom. The number of aliphatic hydroxyl groups is 1. The third-order valence-electron chi connectivity index (χ3n) is 4.50. The number of primary amides is 1. The Morgan fingerprint density at radius 1 is 1.30 bits per heavy atom. The molecule has 0 unspecified atom stereocenters. The maximum atomic E-state index is 11.0. The standard InChI is InChI=1S/C16H33N5O2/c1-4-16(23,5-2)12-19-15(18-6-3)20-13-7-9-21(10-8-13)11-14(17)22/h13,23H,4-12H2,1-3H3,(H2,17,22)(H2,18,19,20). The number of carbonyl (C=O) groups is 1. The van der Waals surface area contributed by atoms with Gasteiger partial charge in [-0.25, -0.2) is 0 Å². The summed E-state index contributed by atoms with van der Waals surface area (Å²) in [6.45, 7) is 9.21. The molecule has 1 aliphatic heterocycles. The molecule has 0 aromatic carbocycles. The average Bonchev–Trinajstić information content (AvgIpc) is 2.54. The van der Waals surface area contributed by atoms with Crippen LogP contribution in [0, 0.1) is 0 Å². The molecule has 7 nitrogen and oxygen atoms in total. The van der Waals surface area contributed by atoms with Crippen LogP contribution in [0.15, 0.2) is 4.99 Å². The van der Waals surface area contributed by atoms with Crippen molar-refractivity contribution in [3.8, 4) is 0 Å². The van der Waals surface area contributed by atoms with Crippen LogP contribution in [0.3, 0.4) is 0 Å². The predicted octanol–water partition coefficient (Wildman–Crippen LogP) is 0.0423. The van der Waals surface area contributed by atoms with Gasteiger partial charge in [0.25, 0.3) is 0 Å². The van der Waals surface area contributed by atoms with Gasteiger partial charge in [0.1, 0.15) is 0 Å². The van der Waals surface area contributed by atoms with Crippen molar-refractivity contribution in [1.82, 2.24) is 15.5 Å². The van der Waals surface area contributed by atoms with E-state index in [0.29, 0.717) is 32.0 Å². The van der Waals surface area contributed by atoms with Crippen molar-refractivity contribution in [2.45, 2.75) is 58.1 Å². The van der Waals surface area contributed by atoms with E-state index in [1.54, 1.807) is 0 Å². The maximum Gasteiger partial charge on any atom is 0.231 e. The number of hydrogen-bond donors (Lipinski definition) is 4.